The van der Waals surface area contributed by atoms with E-state index in [1.807, 2.05) is 31.6 Å². The number of benzene rings is 1. The molecule has 1 aliphatic carbocycles. The largest absolute Gasteiger partial charge is 0.490 e. The van der Waals surface area contributed by atoms with Crippen molar-refractivity contribution in [2.45, 2.75) is 51.0 Å². The molecule has 1 saturated carbocycles. The van der Waals surface area contributed by atoms with Crippen LogP contribution in [0.15, 0.2) is 36.7 Å². The molecule has 1 amide bonds. The molecular weight excluding hydrogens is 314 g/mol. The van der Waals surface area contributed by atoms with Gasteiger partial charge in [-0.3, -0.25) is 9.48 Å². The summed E-state index contributed by atoms with van der Waals surface area (Å²) in [7, 11) is 1.88. The number of hydrogen-bond donors (Lipinski definition) is 1. The predicted octanol–water partition coefficient (Wildman–Crippen LogP) is 3.03. The monoisotopic (exact) mass is 341 g/mol. The summed E-state index contributed by atoms with van der Waals surface area (Å²) in [5.41, 5.74) is 2.31. The third-order valence-electron chi connectivity index (χ3n) is 4.66. The fourth-order valence-electron chi connectivity index (χ4n) is 3.23. The Morgan fingerprint density at radius 2 is 1.96 bits per heavy atom. The van der Waals surface area contributed by atoms with E-state index in [9.17, 15) is 4.79 Å². The van der Waals surface area contributed by atoms with Crippen LogP contribution in [-0.2, 0) is 24.7 Å². The highest BCUT2D eigenvalue weighted by Crippen LogP contribution is 2.24. The lowest BCUT2D eigenvalue weighted by molar-refractivity contribution is -0.121. The van der Waals surface area contributed by atoms with Gasteiger partial charge in [0, 0.05) is 26.2 Å². The van der Waals surface area contributed by atoms with Gasteiger partial charge >= 0.3 is 0 Å². The molecule has 0 atom stereocenters. The minimum absolute atomic E-state index is 0.0880. The number of carbonyl (C=O) groups excluding carboxylic acids is 1. The Hall–Kier alpha value is -2.30. The van der Waals surface area contributed by atoms with Crippen molar-refractivity contribution in [1.82, 2.24) is 15.1 Å². The lowest BCUT2D eigenvalue weighted by Gasteiger charge is -2.13. The fourth-order valence-corrected chi connectivity index (χ4v) is 3.23. The van der Waals surface area contributed by atoms with Gasteiger partial charge in [0.1, 0.15) is 5.75 Å². The zero-order valence-corrected chi connectivity index (χ0v) is 14.9. The van der Waals surface area contributed by atoms with Crippen LogP contribution in [0.2, 0.25) is 0 Å². The smallest absolute Gasteiger partial charge is 0.220 e. The van der Waals surface area contributed by atoms with Crippen LogP contribution in [0.4, 0.5) is 0 Å². The Balaban J connectivity index is 1.34. The van der Waals surface area contributed by atoms with Crippen molar-refractivity contribution in [1.29, 1.82) is 0 Å². The van der Waals surface area contributed by atoms with Gasteiger partial charge in [0.25, 0.3) is 0 Å². The van der Waals surface area contributed by atoms with Crippen molar-refractivity contribution >= 4 is 5.91 Å². The molecule has 0 aliphatic heterocycles. The molecule has 1 fully saturated rings. The van der Waals surface area contributed by atoms with Crippen molar-refractivity contribution in [3.05, 3.63) is 47.8 Å². The van der Waals surface area contributed by atoms with Gasteiger partial charge in [-0.15, -0.1) is 0 Å². The standard InChI is InChI=1S/C20H27N3O2/c1-23-15-17(14-22-23)8-11-20(24)21-13-12-16-6-9-19(10-7-16)25-18-4-2-3-5-18/h6-7,9-10,14-15,18H,2-5,8,11-13H2,1H3,(H,21,24). The van der Waals surface area contributed by atoms with E-state index in [1.165, 1.54) is 31.2 Å². The second kappa shape index (κ2) is 8.70. The van der Waals surface area contributed by atoms with E-state index in [-0.39, 0.29) is 5.91 Å². The number of aryl methyl sites for hydroxylation is 2. The first-order chi connectivity index (χ1) is 12.2. The van der Waals surface area contributed by atoms with Crippen LogP contribution in [-0.4, -0.2) is 28.3 Å². The average Bonchev–Trinajstić information content (AvgIpc) is 3.26. The summed E-state index contributed by atoms with van der Waals surface area (Å²) in [5, 5.41) is 7.09. The van der Waals surface area contributed by atoms with Gasteiger partial charge in [-0.05, 0) is 61.8 Å². The van der Waals surface area contributed by atoms with Crippen molar-refractivity contribution in [2.24, 2.45) is 7.05 Å². The molecule has 25 heavy (non-hydrogen) atoms. The minimum Gasteiger partial charge on any atom is -0.490 e. The Labute approximate surface area is 149 Å². The maximum atomic E-state index is 11.9. The summed E-state index contributed by atoms with van der Waals surface area (Å²) in [4.78, 5) is 11.9. The zero-order chi connectivity index (χ0) is 17.5. The first kappa shape index (κ1) is 17.5. The van der Waals surface area contributed by atoms with Gasteiger partial charge in [0.15, 0.2) is 0 Å². The summed E-state index contributed by atoms with van der Waals surface area (Å²) in [6, 6.07) is 8.26. The van der Waals surface area contributed by atoms with E-state index in [1.54, 1.807) is 4.68 Å². The SMILES string of the molecule is Cn1cc(CCC(=O)NCCc2ccc(OC3CCCC3)cc2)cn1. The minimum atomic E-state index is 0.0880. The molecule has 0 bridgehead atoms. The highest BCUT2D eigenvalue weighted by atomic mass is 16.5. The molecular formula is C20H27N3O2. The molecule has 1 aliphatic rings. The van der Waals surface area contributed by atoms with Gasteiger partial charge < -0.3 is 10.1 Å². The normalized spacial score (nSPS) is 14.6. The van der Waals surface area contributed by atoms with Crippen molar-refractivity contribution in [3.8, 4) is 5.75 Å². The molecule has 2 aromatic rings. The molecule has 134 valence electrons. The number of aromatic nitrogens is 2. The Bertz CT molecular complexity index is 673. The topological polar surface area (TPSA) is 56.2 Å². The van der Waals surface area contributed by atoms with Gasteiger partial charge in [-0.2, -0.15) is 5.10 Å². The van der Waals surface area contributed by atoms with Crippen LogP contribution in [0.3, 0.4) is 0 Å². The highest BCUT2D eigenvalue weighted by Gasteiger charge is 2.16. The van der Waals surface area contributed by atoms with Crippen LogP contribution >= 0.6 is 0 Å². The Morgan fingerprint density at radius 1 is 1.20 bits per heavy atom. The summed E-state index contributed by atoms with van der Waals surface area (Å²) < 4.78 is 7.73. The molecule has 0 saturated heterocycles. The van der Waals surface area contributed by atoms with E-state index in [0.29, 0.717) is 19.1 Å². The van der Waals surface area contributed by atoms with E-state index in [0.717, 1.165) is 24.2 Å². The van der Waals surface area contributed by atoms with Crippen LogP contribution < -0.4 is 10.1 Å². The first-order valence-electron chi connectivity index (χ1n) is 9.19. The third-order valence-corrected chi connectivity index (χ3v) is 4.66. The molecule has 0 unspecified atom stereocenters. The van der Waals surface area contributed by atoms with E-state index in [4.69, 9.17) is 4.74 Å². The second-order valence-electron chi connectivity index (χ2n) is 6.79. The molecule has 0 spiro atoms. The number of amides is 1. The molecule has 1 aromatic heterocycles. The number of nitrogens with one attached hydrogen (secondary N) is 1. The molecule has 5 nitrogen and oxygen atoms in total. The number of rotatable bonds is 8. The number of nitrogens with zero attached hydrogens (tertiary/aromatic N) is 2. The molecule has 1 aromatic carbocycles. The summed E-state index contributed by atoms with van der Waals surface area (Å²) in [6.45, 7) is 0.661. The second-order valence-corrected chi connectivity index (χ2v) is 6.79. The van der Waals surface area contributed by atoms with Crippen LogP contribution in [0.1, 0.15) is 43.2 Å². The quantitative estimate of drug-likeness (QED) is 0.803. The summed E-state index contributed by atoms with van der Waals surface area (Å²) >= 11 is 0. The molecule has 3 rings (SSSR count). The average molecular weight is 341 g/mol. The highest BCUT2D eigenvalue weighted by molar-refractivity contribution is 5.76. The lowest BCUT2D eigenvalue weighted by Crippen LogP contribution is -2.25. The molecule has 1 heterocycles. The van der Waals surface area contributed by atoms with Crippen LogP contribution in [0.25, 0.3) is 0 Å². The zero-order valence-electron chi connectivity index (χ0n) is 14.9. The van der Waals surface area contributed by atoms with Crippen LogP contribution in [0.5, 0.6) is 5.75 Å². The first-order valence-corrected chi connectivity index (χ1v) is 9.19. The van der Waals surface area contributed by atoms with Crippen molar-refractivity contribution < 1.29 is 9.53 Å². The predicted molar refractivity (Wildman–Crippen MR) is 97.6 cm³/mol. The van der Waals surface area contributed by atoms with Gasteiger partial charge in [0.05, 0.1) is 12.3 Å². The van der Waals surface area contributed by atoms with E-state index < -0.39 is 0 Å². The summed E-state index contributed by atoms with van der Waals surface area (Å²) in [6.07, 6.45) is 11.1. The molecule has 1 N–H and O–H groups in total. The number of carbonyl (C=O) groups is 1. The van der Waals surface area contributed by atoms with E-state index in [2.05, 4.69) is 22.5 Å². The number of ether oxygens (including phenoxy) is 1. The van der Waals surface area contributed by atoms with Gasteiger partial charge in [-0.25, -0.2) is 0 Å². The van der Waals surface area contributed by atoms with Crippen molar-refractivity contribution in [2.75, 3.05) is 6.54 Å². The molecule has 5 heteroatoms. The lowest BCUT2D eigenvalue weighted by atomic mass is 10.1. The molecule has 0 radical (unpaired) electrons. The van der Waals surface area contributed by atoms with Crippen LogP contribution in [0, 0.1) is 0 Å². The van der Waals surface area contributed by atoms with Crippen molar-refractivity contribution in [3.63, 3.8) is 0 Å². The fraction of sp³-hybridized carbons (Fsp3) is 0.500. The summed E-state index contributed by atoms with van der Waals surface area (Å²) in [5.74, 6) is 1.04. The number of hydrogen-bond acceptors (Lipinski definition) is 3. The Morgan fingerprint density at radius 3 is 2.64 bits per heavy atom. The van der Waals surface area contributed by atoms with Gasteiger partial charge in [-0.1, -0.05) is 12.1 Å². The maximum Gasteiger partial charge on any atom is 0.220 e. The van der Waals surface area contributed by atoms with Gasteiger partial charge in [0.2, 0.25) is 5.91 Å². The van der Waals surface area contributed by atoms with E-state index >= 15 is 0 Å². The Kier molecular flexibility index (Phi) is 6.09. The third kappa shape index (κ3) is 5.62. The maximum absolute atomic E-state index is 11.9.